The number of nitriles is 1. The molecule has 0 fully saturated rings. The molecule has 0 aliphatic carbocycles. The first kappa shape index (κ1) is 11.9. The lowest BCUT2D eigenvalue weighted by molar-refractivity contribution is 1.01. The summed E-state index contributed by atoms with van der Waals surface area (Å²) in [6.07, 6.45) is 0. The molecule has 1 aromatic carbocycles. The van der Waals surface area contributed by atoms with Crippen molar-refractivity contribution in [1.82, 2.24) is 9.97 Å². The zero-order valence-electron chi connectivity index (χ0n) is 10.1. The molecule has 2 rings (SSSR count). The van der Waals surface area contributed by atoms with Crippen molar-refractivity contribution in [2.45, 2.75) is 13.8 Å². The topological polar surface area (TPSA) is 81.6 Å². The van der Waals surface area contributed by atoms with Gasteiger partial charge in [0.1, 0.15) is 11.9 Å². The summed E-state index contributed by atoms with van der Waals surface area (Å²) in [5.41, 5.74) is 1.44. The standard InChI is InChI=1S/C13H12N4O/c1-8-4-3-5-10(6-8)17-12-11(7-14)13(18)16-9(2)15-12/h3-6H,1-2H3,(H2,15,16,17,18). The lowest BCUT2D eigenvalue weighted by atomic mass is 10.2. The number of benzene rings is 1. The monoisotopic (exact) mass is 240 g/mol. The molecule has 0 aliphatic rings. The van der Waals surface area contributed by atoms with Crippen molar-refractivity contribution in [1.29, 1.82) is 5.26 Å². The number of anilines is 2. The van der Waals surface area contributed by atoms with Crippen LogP contribution in [-0.4, -0.2) is 9.97 Å². The predicted molar refractivity (Wildman–Crippen MR) is 68.8 cm³/mol. The Labute approximate surface area is 104 Å². The fourth-order valence-corrected chi connectivity index (χ4v) is 1.64. The molecule has 5 heteroatoms. The Morgan fingerprint density at radius 2 is 2.17 bits per heavy atom. The summed E-state index contributed by atoms with van der Waals surface area (Å²) in [4.78, 5) is 18.2. The van der Waals surface area contributed by atoms with Gasteiger partial charge in [-0.1, -0.05) is 12.1 Å². The highest BCUT2D eigenvalue weighted by Crippen LogP contribution is 2.17. The van der Waals surface area contributed by atoms with Crippen LogP contribution in [0.4, 0.5) is 11.5 Å². The summed E-state index contributed by atoms with van der Waals surface area (Å²) in [5.74, 6) is 0.749. The zero-order valence-corrected chi connectivity index (χ0v) is 10.1. The van der Waals surface area contributed by atoms with Crippen LogP contribution in [-0.2, 0) is 0 Å². The molecular weight excluding hydrogens is 228 g/mol. The van der Waals surface area contributed by atoms with Gasteiger partial charge in [0.05, 0.1) is 0 Å². The smallest absolute Gasteiger partial charge is 0.271 e. The number of aromatic nitrogens is 2. The van der Waals surface area contributed by atoms with Gasteiger partial charge in [0, 0.05) is 5.69 Å². The number of hydrogen-bond donors (Lipinski definition) is 2. The van der Waals surface area contributed by atoms with Crippen LogP contribution < -0.4 is 10.9 Å². The van der Waals surface area contributed by atoms with Crippen LogP contribution in [0.2, 0.25) is 0 Å². The normalized spacial score (nSPS) is 9.83. The summed E-state index contributed by atoms with van der Waals surface area (Å²) in [6.45, 7) is 3.64. The Kier molecular flexibility index (Phi) is 3.11. The molecule has 18 heavy (non-hydrogen) atoms. The average molecular weight is 240 g/mol. The molecule has 1 heterocycles. The molecule has 0 unspecified atom stereocenters. The Bertz CT molecular complexity index is 682. The minimum absolute atomic E-state index is 0.0119. The van der Waals surface area contributed by atoms with Crippen LogP contribution in [0.3, 0.4) is 0 Å². The first-order valence-corrected chi connectivity index (χ1v) is 5.45. The minimum Gasteiger partial charge on any atom is -0.339 e. The molecule has 5 nitrogen and oxygen atoms in total. The van der Waals surface area contributed by atoms with Gasteiger partial charge >= 0.3 is 0 Å². The third-order valence-electron chi connectivity index (χ3n) is 2.43. The number of rotatable bonds is 2. The van der Waals surface area contributed by atoms with E-state index >= 15 is 0 Å². The number of H-pyrrole nitrogens is 1. The number of aromatic amines is 1. The van der Waals surface area contributed by atoms with E-state index in [0.717, 1.165) is 11.3 Å². The van der Waals surface area contributed by atoms with E-state index in [0.29, 0.717) is 5.82 Å². The number of hydrogen-bond acceptors (Lipinski definition) is 4. The van der Waals surface area contributed by atoms with Crippen molar-refractivity contribution in [3.8, 4) is 6.07 Å². The van der Waals surface area contributed by atoms with Gasteiger partial charge in [0.2, 0.25) is 0 Å². The van der Waals surface area contributed by atoms with Crippen LogP contribution in [0, 0.1) is 25.2 Å². The van der Waals surface area contributed by atoms with Gasteiger partial charge in [-0.25, -0.2) is 4.98 Å². The number of aryl methyl sites for hydroxylation is 2. The van der Waals surface area contributed by atoms with Crippen LogP contribution >= 0.6 is 0 Å². The number of nitrogens with zero attached hydrogens (tertiary/aromatic N) is 2. The lowest BCUT2D eigenvalue weighted by Crippen LogP contribution is -2.16. The molecule has 1 aromatic heterocycles. The summed E-state index contributed by atoms with van der Waals surface area (Å²) >= 11 is 0. The summed E-state index contributed by atoms with van der Waals surface area (Å²) in [6, 6.07) is 9.48. The molecule has 0 saturated carbocycles. The van der Waals surface area contributed by atoms with E-state index in [9.17, 15) is 4.79 Å². The van der Waals surface area contributed by atoms with E-state index in [1.54, 1.807) is 6.92 Å². The fraction of sp³-hybridized carbons (Fsp3) is 0.154. The minimum atomic E-state index is -0.430. The highest BCUT2D eigenvalue weighted by atomic mass is 16.1. The van der Waals surface area contributed by atoms with Gasteiger partial charge in [-0.15, -0.1) is 0 Å². The molecule has 90 valence electrons. The molecule has 0 aliphatic heterocycles. The summed E-state index contributed by atoms with van der Waals surface area (Å²) in [7, 11) is 0. The first-order chi connectivity index (χ1) is 8.60. The maximum Gasteiger partial charge on any atom is 0.271 e. The highest BCUT2D eigenvalue weighted by Gasteiger charge is 2.09. The van der Waals surface area contributed by atoms with Gasteiger partial charge in [0.15, 0.2) is 11.4 Å². The molecule has 0 spiro atoms. The zero-order chi connectivity index (χ0) is 13.1. The molecule has 0 atom stereocenters. The quantitative estimate of drug-likeness (QED) is 0.841. The van der Waals surface area contributed by atoms with Gasteiger partial charge in [-0.05, 0) is 31.5 Å². The van der Waals surface area contributed by atoms with E-state index in [2.05, 4.69) is 15.3 Å². The van der Waals surface area contributed by atoms with E-state index in [1.165, 1.54) is 0 Å². The summed E-state index contributed by atoms with van der Waals surface area (Å²) < 4.78 is 0. The van der Waals surface area contributed by atoms with E-state index in [-0.39, 0.29) is 11.4 Å². The van der Waals surface area contributed by atoms with Gasteiger partial charge < -0.3 is 10.3 Å². The molecular formula is C13H12N4O. The first-order valence-electron chi connectivity index (χ1n) is 5.45. The summed E-state index contributed by atoms with van der Waals surface area (Å²) in [5, 5.41) is 12.0. The lowest BCUT2D eigenvalue weighted by Gasteiger charge is -2.08. The Hall–Kier alpha value is -2.61. The van der Waals surface area contributed by atoms with Crippen molar-refractivity contribution in [3.63, 3.8) is 0 Å². The van der Waals surface area contributed by atoms with Crippen LogP contribution in [0.1, 0.15) is 17.0 Å². The van der Waals surface area contributed by atoms with Crippen molar-refractivity contribution in [2.75, 3.05) is 5.32 Å². The van der Waals surface area contributed by atoms with E-state index < -0.39 is 5.56 Å². The van der Waals surface area contributed by atoms with E-state index in [1.807, 2.05) is 37.3 Å². The second-order valence-electron chi connectivity index (χ2n) is 3.98. The molecule has 0 bridgehead atoms. The van der Waals surface area contributed by atoms with Crippen LogP contribution in [0.15, 0.2) is 29.1 Å². The highest BCUT2D eigenvalue weighted by molar-refractivity contribution is 5.62. The predicted octanol–water partition coefficient (Wildman–Crippen LogP) is 2.00. The Morgan fingerprint density at radius 1 is 1.39 bits per heavy atom. The van der Waals surface area contributed by atoms with Crippen LogP contribution in [0.25, 0.3) is 0 Å². The Balaban J connectivity index is 2.47. The molecule has 0 saturated heterocycles. The van der Waals surface area contributed by atoms with Crippen molar-refractivity contribution in [3.05, 3.63) is 51.6 Å². The third kappa shape index (κ3) is 2.38. The van der Waals surface area contributed by atoms with Crippen molar-refractivity contribution < 1.29 is 0 Å². The van der Waals surface area contributed by atoms with Crippen molar-refractivity contribution >= 4 is 11.5 Å². The maximum absolute atomic E-state index is 11.6. The molecule has 0 radical (unpaired) electrons. The second-order valence-corrected chi connectivity index (χ2v) is 3.98. The largest absolute Gasteiger partial charge is 0.339 e. The fourth-order valence-electron chi connectivity index (χ4n) is 1.64. The van der Waals surface area contributed by atoms with Crippen LogP contribution in [0.5, 0.6) is 0 Å². The molecule has 0 amide bonds. The SMILES string of the molecule is Cc1cccc(Nc2nc(C)[nH]c(=O)c2C#N)c1. The molecule has 2 aromatic rings. The van der Waals surface area contributed by atoms with Gasteiger partial charge in [0.25, 0.3) is 5.56 Å². The Morgan fingerprint density at radius 3 is 2.83 bits per heavy atom. The third-order valence-corrected chi connectivity index (χ3v) is 2.43. The van der Waals surface area contributed by atoms with Gasteiger partial charge in [-0.2, -0.15) is 5.26 Å². The van der Waals surface area contributed by atoms with E-state index in [4.69, 9.17) is 5.26 Å². The average Bonchev–Trinajstić information content (AvgIpc) is 2.28. The maximum atomic E-state index is 11.6. The number of nitrogens with one attached hydrogen (secondary N) is 2. The van der Waals surface area contributed by atoms with Crippen molar-refractivity contribution in [2.24, 2.45) is 0 Å². The van der Waals surface area contributed by atoms with Gasteiger partial charge in [-0.3, -0.25) is 4.79 Å². The molecule has 2 N–H and O–H groups in total. The second kappa shape index (κ2) is 4.72.